The topological polar surface area (TPSA) is 30.5 Å². The van der Waals surface area contributed by atoms with Crippen LogP contribution in [-0.4, -0.2) is 27.0 Å². The van der Waals surface area contributed by atoms with Gasteiger partial charge in [0.25, 0.3) is 0 Å². The van der Waals surface area contributed by atoms with Crippen LogP contribution in [0.15, 0.2) is 29.7 Å². The van der Waals surface area contributed by atoms with E-state index >= 15 is 0 Å². The van der Waals surface area contributed by atoms with Crippen molar-refractivity contribution in [3.63, 3.8) is 0 Å². The summed E-state index contributed by atoms with van der Waals surface area (Å²) in [5.41, 5.74) is 1.21. The highest BCUT2D eigenvalue weighted by molar-refractivity contribution is 7.98. The lowest BCUT2D eigenvalue weighted by molar-refractivity contribution is 0.353. The number of benzene rings is 1. The van der Waals surface area contributed by atoms with Gasteiger partial charge in [-0.05, 0) is 24.0 Å². The normalized spacial score (nSPS) is 10.1. The van der Waals surface area contributed by atoms with Crippen molar-refractivity contribution in [1.29, 1.82) is 0 Å². The maximum Gasteiger partial charge on any atom is 0.161 e. The third kappa shape index (κ3) is 3.68. The fourth-order valence-electron chi connectivity index (χ4n) is 1.54. The van der Waals surface area contributed by atoms with Crippen LogP contribution in [0.4, 0.5) is 0 Å². The van der Waals surface area contributed by atoms with E-state index in [0.29, 0.717) is 0 Å². The van der Waals surface area contributed by atoms with E-state index in [1.807, 2.05) is 18.2 Å². The maximum atomic E-state index is 5.30. The zero-order valence-electron chi connectivity index (χ0n) is 10.6. The molecule has 0 fully saturated rings. The molecule has 1 aromatic rings. The Morgan fingerprint density at radius 3 is 2.47 bits per heavy atom. The summed E-state index contributed by atoms with van der Waals surface area (Å²) >= 11 is 1.70. The Hall–Kier alpha value is -1.13. The lowest BCUT2D eigenvalue weighted by atomic mass is 10.2. The van der Waals surface area contributed by atoms with Crippen molar-refractivity contribution in [2.45, 2.75) is 11.4 Å². The van der Waals surface area contributed by atoms with Crippen molar-refractivity contribution >= 4 is 11.8 Å². The van der Waals surface area contributed by atoms with E-state index in [2.05, 4.69) is 18.2 Å². The first kappa shape index (κ1) is 13.9. The predicted molar refractivity (Wildman–Crippen MR) is 73.2 cm³/mol. The third-order valence-electron chi connectivity index (χ3n) is 2.39. The molecule has 0 aliphatic heterocycles. The summed E-state index contributed by atoms with van der Waals surface area (Å²) in [6.07, 6.45) is 3.90. The highest BCUT2D eigenvalue weighted by Gasteiger charge is 2.10. The van der Waals surface area contributed by atoms with Gasteiger partial charge in [0.1, 0.15) is 0 Å². The molecule has 0 aliphatic carbocycles. The minimum absolute atomic E-state index is 0.765. The van der Waals surface area contributed by atoms with E-state index in [1.165, 1.54) is 10.5 Å². The second-order valence-corrected chi connectivity index (χ2v) is 4.29. The smallest absolute Gasteiger partial charge is 0.161 e. The Balaban J connectivity index is 2.97. The molecule has 0 unspecified atom stereocenters. The molecular weight excluding hydrogens is 234 g/mol. The minimum Gasteiger partial charge on any atom is -0.493 e. The summed E-state index contributed by atoms with van der Waals surface area (Å²) in [6, 6.07) is 4.02. The zero-order valence-corrected chi connectivity index (χ0v) is 11.4. The van der Waals surface area contributed by atoms with E-state index in [1.54, 1.807) is 26.0 Å². The van der Waals surface area contributed by atoms with Crippen LogP contribution in [0.1, 0.15) is 5.56 Å². The molecule has 0 saturated heterocycles. The predicted octanol–water partition coefficient (Wildman–Crippen LogP) is 2.70. The summed E-state index contributed by atoms with van der Waals surface area (Å²) in [7, 11) is 3.30. The molecular formula is C13H19NO2S. The largest absolute Gasteiger partial charge is 0.493 e. The van der Waals surface area contributed by atoms with Crippen LogP contribution in [0.25, 0.3) is 0 Å². The van der Waals surface area contributed by atoms with Crippen LogP contribution >= 0.6 is 11.8 Å². The molecule has 0 saturated carbocycles. The molecule has 0 aliphatic rings. The van der Waals surface area contributed by atoms with Gasteiger partial charge in [0.05, 0.1) is 14.2 Å². The van der Waals surface area contributed by atoms with E-state index < -0.39 is 0 Å². The van der Waals surface area contributed by atoms with Crippen molar-refractivity contribution in [3.8, 4) is 11.5 Å². The van der Waals surface area contributed by atoms with Crippen molar-refractivity contribution in [2.24, 2.45) is 0 Å². The molecule has 0 atom stereocenters. The zero-order chi connectivity index (χ0) is 12.7. The molecule has 17 heavy (non-hydrogen) atoms. The van der Waals surface area contributed by atoms with Crippen molar-refractivity contribution < 1.29 is 9.47 Å². The van der Waals surface area contributed by atoms with Gasteiger partial charge in [-0.25, -0.2) is 0 Å². The molecule has 1 aromatic carbocycles. The first-order valence-electron chi connectivity index (χ1n) is 5.37. The maximum absolute atomic E-state index is 5.30. The SMILES string of the molecule is C=CCNCc1cc(OC)c(OC)cc1SC. The molecule has 3 nitrogen and oxygen atoms in total. The average Bonchev–Trinajstić information content (AvgIpc) is 2.38. The number of hydrogen-bond donors (Lipinski definition) is 1. The number of methoxy groups -OCH3 is 2. The molecule has 0 radical (unpaired) electrons. The summed E-state index contributed by atoms with van der Waals surface area (Å²) in [5, 5.41) is 3.29. The monoisotopic (exact) mass is 253 g/mol. The lowest BCUT2D eigenvalue weighted by Crippen LogP contribution is -2.13. The minimum atomic E-state index is 0.765. The van der Waals surface area contributed by atoms with Gasteiger partial charge in [0.2, 0.25) is 0 Å². The molecule has 4 heteroatoms. The second kappa shape index (κ2) is 7.25. The Morgan fingerprint density at radius 2 is 1.94 bits per heavy atom. The van der Waals surface area contributed by atoms with E-state index in [0.717, 1.165) is 24.6 Å². The number of hydrogen-bond acceptors (Lipinski definition) is 4. The molecule has 1 rings (SSSR count). The Morgan fingerprint density at radius 1 is 1.29 bits per heavy atom. The standard InChI is InChI=1S/C13H19NO2S/c1-5-6-14-9-10-7-11(15-2)12(16-3)8-13(10)17-4/h5,7-8,14H,1,6,9H2,2-4H3. The molecule has 0 amide bonds. The molecule has 0 aromatic heterocycles. The molecule has 0 heterocycles. The van der Waals surface area contributed by atoms with Crippen LogP contribution < -0.4 is 14.8 Å². The Bertz CT molecular complexity index is 380. The van der Waals surface area contributed by atoms with E-state index in [4.69, 9.17) is 9.47 Å². The summed E-state index contributed by atoms with van der Waals surface area (Å²) < 4.78 is 10.6. The summed E-state index contributed by atoms with van der Waals surface area (Å²) in [4.78, 5) is 1.19. The van der Waals surface area contributed by atoms with Gasteiger partial charge in [-0.2, -0.15) is 0 Å². The van der Waals surface area contributed by atoms with Crippen LogP contribution in [0, 0.1) is 0 Å². The van der Waals surface area contributed by atoms with Crippen LogP contribution in [0.3, 0.4) is 0 Å². The molecule has 0 spiro atoms. The van der Waals surface area contributed by atoms with Gasteiger partial charge in [-0.1, -0.05) is 6.08 Å². The van der Waals surface area contributed by atoms with Gasteiger partial charge in [-0.3, -0.25) is 0 Å². The van der Waals surface area contributed by atoms with E-state index in [-0.39, 0.29) is 0 Å². The van der Waals surface area contributed by atoms with Crippen molar-refractivity contribution in [1.82, 2.24) is 5.32 Å². The number of ether oxygens (including phenoxy) is 2. The van der Waals surface area contributed by atoms with Gasteiger partial charge in [-0.15, -0.1) is 18.3 Å². The third-order valence-corrected chi connectivity index (χ3v) is 3.21. The van der Waals surface area contributed by atoms with Gasteiger partial charge in [0, 0.05) is 18.0 Å². The molecule has 94 valence electrons. The van der Waals surface area contributed by atoms with Crippen molar-refractivity contribution in [2.75, 3.05) is 27.0 Å². The Kier molecular flexibility index (Phi) is 5.94. The summed E-state index contributed by atoms with van der Waals surface area (Å²) in [6.45, 7) is 5.27. The highest BCUT2D eigenvalue weighted by atomic mass is 32.2. The second-order valence-electron chi connectivity index (χ2n) is 3.44. The Labute approximate surface area is 107 Å². The summed E-state index contributed by atoms with van der Waals surface area (Å²) in [5.74, 6) is 1.53. The van der Waals surface area contributed by atoms with Gasteiger partial charge in [0.15, 0.2) is 11.5 Å². The van der Waals surface area contributed by atoms with Gasteiger partial charge >= 0.3 is 0 Å². The lowest BCUT2D eigenvalue weighted by Gasteiger charge is -2.13. The number of nitrogens with one attached hydrogen (secondary N) is 1. The molecule has 1 N–H and O–H groups in total. The fourth-order valence-corrected chi connectivity index (χ4v) is 2.16. The van der Waals surface area contributed by atoms with Gasteiger partial charge < -0.3 is 14.8 Å². The first-order chi connectivity index (χ1) is 8.26. The number of thioether (sulfide) groups is 1. The van der Waals surface area contributed by atoms with Crippen molar-refractivity contribution in [3.05, 3.63) is 30.4 Å². The number of rotatable bonds is 7. The van der Waals surface area contributed by atoms with Crippen LogP contribution in [0.2, 0.25) is 0 Å². The van der Waals surface area contributed by atoms with E-state index in [9.17, 15) is 0 Å². The first-order valence-corrected chi connectivity index (χ1v) is 6.59. The highest BCUT2D eigenvalue weighted by Crippen LogP contribution is 2.34. The van der Waals surface area contributed by atoms with Crippen LogP contribution in [0.5, 0.6) is 11.5 Å². The average molecular weight is 253 g/mol. The fraction of sp³-hybridized carbons (Fsp3) is 0.385. The molecule has 0 bridgehead atoms. The van der Waals surface area contributed by atoms with Crippen LogP contribution in [-0.2, 0) is 6.54 Å². The quantitative estimate of drug-likeness (QED) is 0.460.